The van der Waals surface area contributed by atoms with E-state index >= 15 is 0 Å². The van der Waals surface area contributed by atoms with E-state index in [1.54, 1.807) is 7.11 Å². The molecular formula is C23H29N3O3. The van der Waals surface area contributed by atoms with Crippen molar-refractivity contribution in [3.63, 3.8) is 0 Å². The van der Waals surface area contributed by atoms with Crippen LogP contribution >= 0.6 is 0 Å². The Morgan fingerprint density at radius 2 is 1.90 bits per heavy atom. The number of anilines is 1. The van der Waals surface area contributed by atoms with Crippen LogP contribution in [0, 0.1) is 0 Å². The fourth-order valence-corrected chi connectivity index (χ4v) is 4.37. The Labute approximate surface area is 172 Å². The summed E-state index contributed by atoms with van der Waals surface area (Å²) in [4.78, 5) is 16.6. The molecule has 2 aliphatic rings. The lowest BCUT2D eigenvalue weighted by atomic mass is 9.91. The minimum atomic E-state index is -0.350. The number of carbonyl (C=O) groups is 1. The summed E-state index contributed by atoms with van der Waals surface area (Å²) in [6.07, 6.45) is 1.72. The highest BCUT2D eigenvalue weighted by Crippen LogP contribution is 2.32. The van der Waals surface area contributed by atoms with Gasteiger partial charge < -0.3 is 20.1 Å². The van der Waals surface area contributed by atoms with Crippen molar-refractivity contribution >= 4 is 11.6 Å². The molecule has 6 heteroatoms. The van der Waals surface area contributed by atoms with Crippen LogP contribution < -0.4 is 15.4 Å². The zero-order valence-electron chi connectivity index (χ0n) is 17.0. The van der Waals surface area contributed by atoms with Crippen molar-refractivity contribution in [3.8, 4) is 5.75 Å². The van der Waals surface area contributed by atoms with Gasteiger partial charge in [0, 0.05) is 44.0 Å². The van der Waals surface area contributed by atoms with Crippen LogP contribution in [-0.4, -0.2) is 57.2 Å². The third-order valence-electron chi connectivity index (χ3n) is 6.01. The third kappa shape index (κ3) is 4.38. The highest BCUT2D eigenvalue weighted by molar-refractivity contribution is 5.94. The summed E-state index contributed by atoms with van der Waals surface area (Å²) in [7, 11) is 1.69. The van der Waals surface area contributed by atoms with Gasteiger partial charge in [-0.1, -0.05) is 12.1 Å². The van der Waals surface area contributed by atoms with Crippen molar-refractivity contribution in [2.24, 2.45) is 5.73 Å². The van der Waals surface area contributed by atoms with Crippen LogP contribution in [-0.2, 0) is 11.2 Å². The van der Waals surface area contributed by atoms with Gasteiger partial charge in [-0.05, 0) is 54.3 Å². The summed E-state index contributed by atoms with van der Waals surface area (Å²) in [5.41, 5.74) is 9.64. The summed E-state index contributed by atoms with van der Waals surface area (Å²) in [5, 5.41) is 0. The number of hydrogen-bond donors (Lipinski definition) is 1. The predicted molar refractivity (Wildman–Crippen MR) is 114 cm³/mol. The molecule has 0 saturated carbocycles. The van der Waals surface area contributed by atoms with Crippen LogP contribution in [0.15, 0.2) is 42.5 Å². The minimum absolute atomic E-state index is 0.0395. The van der Waals surface area contributed by atoms with Gasteiger partial charge in [0.2, 0.25) is 5.91 Å². The van der Waals surface area contributed by atoms with Gasteiger partial charge in [-0.3, -0.25) is 9.69 Å². The zero-order chi connectivity index (χ0) is 20.2. The van der Waals surface area contributed by atoms with Gasteiger partial charge in [0.05, 0.1) is 19.8 Å². The fourth-order valence-electron chi connectivity index (χ4n) is 4.37. The van der Waals surface area contributed by atoms with Crippen molar-refractivity contribution in [3.05, 3.63) is 59.2 Å². The number of methoxy groups -OCH3 is 1. The molecule has 4 rings (SSSR count). The highest BCUT2D eigenvalue weighted by Gasteiger charge is 2.25. The van der Waals surface area contributed by atoms with Gasteiger partial charge in [0.1, 0.15) is 5.75 Å². The van der Waals surface area contributed by atoms with Crippen LogP contribution in [0.3, 0.4) is 0 Å². The Bertz CT molecular complexity index is 845. The molecule has 1 atom stereocenters. The second kappa shape index (κ2) is 8.84. The van der Waals surface area contributed by atoms with Crippen LogP contribution in [0.2, 0.25) is 0 Å². The van der Waals surface area contributed by atoms with E-state index in [1.165, 1.54) is 5.69 Å². The fraction of sp³-hybridized carbons (Fsp3) is 0.435. The Morgan fingerprint density at radius 1 is 1.14 bits per heavy atom. The van der Waals surface area contributed by atoms with E-state index in [2.05, 4.69) is 28.0 Å². The quantitative estimate of drug-likeness (QED) is 0.814. The van der Waals surface area contributed by atoms with Gasteiger partial charge >= 0.3 is 0 Å². The van der Waals surface area contributed by atoms with Gasteiger partial charge in [-0.2, -0.15) is 0 Å². The number of nitrogens with zero attached hydrogens (tertiary/aromatic N) is 2. The molecule has 0 radical (unpaired) electrons. The molecule has 1 fully saturated rings. The van der Waals surface area contributed by atoms with Crippen molar-refractivity contribution in [2.75, 3.05) is 51.3 Å². The molecule has 0 spiro atoms. The van der Waals surface area contributed by atoms with E-state index in [0.29, 0.717) is 12.2 Å². The van der Waals surface area contributed by atoms with Gasteiger partial charge in [0.15, 0.2) is 0 Å². The number of hydrogen-bond acceptors (Lipinski definition) is 5. The third-order valence-corrected chi connectivity index (χ3v) is 6.01. The molecule has 1 amide bonds. The number of carbonyl (C=O) groups excluding carboxylic acids is 1. The van der Waals surface area contributed by atoms with E-state index in [9.17, 15) is 4.79 Å². The first kappa shape index (κ1) is 19.7. The molecule has 0 aliphatic carbocycles. The average Bonchev–Trinajstić information content (AvgIpc) is 2.77. The van der Waals surface area contributed by atoms with E-state index in [0.717, 1.165) is 62.4 Å². The Morgan fingerprint density at radius 3 is 2.59 bits per heavy atom. The van der Waals surface area contributed by atoms with Crippen LogP contribution in [0.5, 0.6) is 5.75 Å². The van der Waals surface area contributed by atoms with E-state index in [4.69, 9.17) is 15.2 Å². The number of ether oxygens (including phenoxy) is 2. The molecule has 0 aromatic heterocycles. The molecule has 2 aliphatic heterocycles. The van der Waals surface area contributed by atoms with E-state index < -0.39 is 0 Å². The smallest absolute Gasteiger partial charge is 0.248 e. The molecule has 6 nitrogen and oxygen atoms in total. The summed E-state index contributed by atoms with van der Waals surface area (Å²) >= 11 is 0. The second-order valence-corrected chi connectivity index (χ2v) is 7.66. The Hall–Kier alpha value is -2.57. The second-order valence-electron chi connectivity index (χ2n) is 7.66. The number of benzene rings is 2. The molecule has 1 saturated heterocycles. The maximum atomic E-state index is 11.7. The number of fused-ring (bicyclic) bond motifs is 1. The molecule has 29 heavy (non-hydrogen) atoms. The average molecular weight is 396 g/mol. The van der Waals surface area contributed by atoms with Gasteiger partial charge in [-0.25, -0.2) is 0 Å². The first-order valence-corrected chi connectivity index (χ1v) is 10.3. The van der Waals surface area contributed by atoms with Crippen molar-refractivity contribution in [2.45, 2.75) is 18.9 Å². The minimum Gasteiger partial charge on any atom is -0.497 e. The lowest BCUT2D eigenvalue weighted by Crippen LogP contribution is -2.46. The lowest BCUT2D eigenvalue weighted by Gasteiger charge is -2.37. The molecule has 2 aromatic carbocycles. The Balaban J connectivity index is 1.32. The van der Waals surface area contributed by atoms with Crippen LogP contribution in [0.4, 0.5) is 5.69 Å². The molecule has 0 bridgehead atoms. The highest BCUT2D eigenvalue weighted by atomic mass is 16.5. The molecule has 1 unspecified atom stereocenters. The van der Waals surface area contributed by atoms with Crippen molar-refractivity contribution < 1.29 is 14.3 Å². The molecular weight excluding hydrogens is 366 g/mol. The number of primary amides is 1. The molecule has 2 heterocycles. The van der Waals surface area contributed by atoms with Crippen LogP contribution in [0.25, 0.3) is 0 Å². The normalized spacial score (nSPS) is 19.6. The monoisotopic (exact) mass is 395 g/mol. The predicted octanol–water partition coefficient (Wildman–Crippen LogP) is 2.62. The number of piperazine rings is 1. The number of amides is 1. The standard InChI is InChI=1S/C23H29N3O3/c1-28-18-7-5-17(6-8-18)26-14-12-25(13-15-26)11-9-22-20-3-2-4-21(23(24)27)19(20)10-16-29-22/h2-8,22H,9-16H2,1H3,(H2,24,27). The number of rotatable bonds is 6. The first-order valence-electron chi connectivity index (χ1n) is 10.3. The maximum Gasteiger partial charge on any atom is 0.248 e. The maximum absolute atomic E-state index is 11.7. The van der Waals surface area contributed by atoms with Crippen molar-refractivity contribution in [1.82, 2.24) is 4.90 Å². The number of nitrogens with two attached hydrogens (primary N) is 1. The van der Waals surface area contributed by atoms with Gasteiger partial charge in [-0.15, -0.1) is 0 Å². The molecule has 154 valence electrons. The van der Waals surface area contributed by atoms with E-state index in [-0.39, 0.29) is 12.0 Å². The summed E-state index contributed by atoms with van der Waals surface area (Å²) in [5.74, 6) is 0.539. The molecule has 2 N–H and O–H groups in total. The summed E-state index contributed by atoms with van der Waals surface area (Å²) in [6.45, 7) is 5.73. The van der Waals surface area contributed by atoms with Crippen LogP contribution in [0.1, 0.15) is 34.0 Å². The Kier molecular flexibility index (Phi) is 6.02. The largest absolute Gasteiger partial charge is 0.497 e. The van der Waals surface area contributed by atoms with Crippen molar-refractivity contribution in [1.29, 1.82) is 0 Å². The SMILES string of the molecule is COc1ccc(N2CCN(CCC3OCCc4c(C(N)=O)cccc43)CC2)cc1. The van der Waals surface area contributed by atoms with Gasteiger partial charge in [0.25, 0.3) is 0 Å². The zero-order valence-corrected chi connectivity index (χ0v) is 17.0. The summed E-state index contributed by atoms with van der Waals surface area (Å²) in [6, 6.07) is 14.1. The molecule has 2 aromatic rings. The van der Waals surface area contributed by atoms with E-state index in [1.807, 2.05) is 24.3 Å². The first-order chi connectivity index (χ1) is 14.2. The lowest BCUT2D eigenvalue weighted by molar-refractivity contribution is 0.0287. The topological polar surface area (TPSA) is 68.0 Å². The summed E-state index contributed by atoms with van der Waals surface area (Å²) < 4.78 is 11.3.